The molecular weight excluding hydrogens is 408 g/mol. The van der Waals surface area contributed by atoms with Gasteiger partial charge < -0.3 is 15.2 Å². The van der Waals surface area contributed by atoms with Crippen molar-refractivity contribution in [2.45, 2.75) is 11.3 Å². The molecule has 2 bridgehead atoms. The molecule has 4 aliphatic rings. The predicted molar refractivity (Wildman–Crippen MR) is 115 cm³/mol. The van der Waals surface area contributed by atoms with Gasteiger partial charge in [0.1, 0.15) is 6.29 Å². The molecule has 1 fully saturated rings. The second-order valence-corrected chi connectivity index (χ2v) is 8.42. The average molecular weight is 425 g/mol. The largest absolute Gasteiger partial charge is 0.733 e. The first kappa shape index (κ1) is 18.9. The summed E-state index contributed by atoms with van der Waals surface area (Å²) in [6.45, 7) is 0. The van der Waals surface area contributed by atoms with Gasteiger partial charge in [-0.2, -0.15) is 0 Å². The molecule has 2 amide bonds. The Balaban J connectivity index is 1.64. The number of amides is 2. The van der Waals surface area contributed by atoms with Gasteiger partial charge in [-0.05, 0) is 34.4 Å². The van der Waals surface area contributed by atoms with E-state index in [2.05, 4.69) is 0 Å². The first-order valence-corrected chi connectivity index (χ1v) is 10.3. The Kier molecular flexibility index (Phi) is 3.75. The van der Waals surface area contributed by atoms with Crippen LogP contribution in [0, 0.1) is 17.0 Å². The quantitative estimate of drug-likeness (QED) is 0.393. The summed E-state index contributed by atoms with van der Waals surface area (Å²) < 4.78 is 0. The van der Waals surface area contributed by atoms with Crippen LogP contribution in [0.4, 0.5) is 11.4 Å². The molecule has 3 aromatic carbocycles. The van der Waals surface area contributed by atoms with Gasteiger partial charge in [0.15, 0.2) is 0 Å². The van der Waals surface area contributed by atoms with Crippen LogP contribution < -0.4 is 10.1 Å². The lowest BCUT2D eigenvalue weighted by Crippen LogP contribution is -2.54. The van der Waals surface area contributed by atoms with Gasteiger partial charge in [-0.1, -0.05) is 60.7 Å². The fourth-order valence-electron chi connectivity index (χ4n) is 6.08. The monoisotopic (exact) mass is 425 g/mol. The van der Waals surface area contributed by atoms with Gasteiger partial charge in [-0.25, -0.2) is 4.90 Å². The normalized spacial score (nSPS) is 27.1. The average Bonchev–Trinajstić information content (AvgIpc) is 3.09. The predicted octanol–water partition coefficient (Wildman–Crippen LogP) is 3.13. The number of rotatable bonds is 3. The van der Waals surface area contributed by atoms with Crippen molar-refractivity contribution in [1.29, 1.82) is 0 Å². The molecule has 0 aromatic heterocycles. The molecule has 158 valence electrons. The van der Waals surface area contributed by atoms with Gasteiger partial charge in [-0.3, -0.25) is 14.8 Å². The van der Waals surface area contributed by atoms with Crippen molar-refractivity contribution >= 4 is 29.5 Å². The van der Waals surface area contributed by atoms with E-state index in [1.807, 2.05) is 48.5 Å². The van der Waals surface area contributed by atoms with Crippen LogP contribution in [0.15, 0.2) is 72.8 Å². The second-order valence-electron chi connectivity index (χ2n) is 8.42. The van der Waals surface area contributed by atoms with Gasteiger partial charge in [0, 0.05) is 5.92 Å². The topological polar surface area (TPSA) is 101 Å². The molecule has 3 aliphatic carbocycles. The molecule has 3 aromatic rings. The number of anilines is 2. The molecule has 1 heterocycles. The zero-order valence-electron chi connectivity index (χ0n) is 16.7. The Bertz CT molecular complexity index is 1270. The summed E-state index contributed by atoms with van der Waals surface area (Å²) in [6, 6.07) is 20.8. The molecule has 0 spiro atoms. The van der Waals surface area contributed by atoms with E-state index in [1.54, 1.807) is 6.07 Å². The lowest BCUT2D eigenvalue weighted by atomic mass is 9.48. The van der Waals surface area contributed by atoms with Crippen LogP contribution in [0.1, 0.15) is 28.2 Å². The van der Waals surface area contributed by atoms with Gasteiger partial charge in [-0.15, -0.1) is 0 Å². The highest BCUT2D eigenvalue weighted by Crippen LogP contribution is 2.63. The molecule has 1 N–H and O–H groups in total. The van der Waals surface area contributed by atoms with Crippen LogP contribution in [0.25, 0.3) is 0 Å². The van der Waals surface area contributed by atoms with Crippen molar-refractivity contribution in [2.24, 2.45) is 11.8 Å². The molecule has 2 atom stereocenters. The first-order chi connectivity index (χ1) is 15.5. The van der Waals surface area contributed by atoms with E-state index in [0.29, 0.717) is 0 Å². The first-order valence-electron chi connectivity index (χ1n) is 10.3. The Hall–Kier alpha value is -3.81. The van der Waals surface area contributed by atoms with E-state index in [-0.39, 0.29) is 22.5 Å². The number of hydrogen-bond donors (Lipinski definition) is 1. The minimum absolute atomic E-state index is 0.00274. The number of hydrogen-bond acceptors (Lipinski definition) is 6. The Morgan fingerprint density at radius 3 is 2.03 bits per heavy atom. The minimum Gasteiger partial charge on any atom is -0.733 e. The molecule has 1 aliphatic heterocycles. The highest BCUT2D eigenvalue weighted by atomic mass is 16.8. The minimum atomic E-state index is -1.31. The maximum Gasteiger partial charge on any atom is 0.239 e. The third kappa shape index (κ3) is 2.04. The molecule has 32 heavy (non-hydrogen) atoms. The van der Waals surface area contributed by atoms with Crippen molar-refractivity contribution in [3.8, 4) is 0 Å². The van der Waals surface area contributed by atoms with E-state index in [0.717, 1.165) is 33.4 Å². The van der Waals surface area contributed by atoms with Crippen molar-refractivity contribution < 1.29 is 19.6 Å². The molecule has 7 rings (SSSR count). The van der Waals surface area contributed by atoms with Crippen LogP contribution in [0.3, 0.4) is 0 Å². The van der Waals surface area contributed by atoms with E-state index in [4.69, 9.17) is 0 Å². The zero-order valence-corrected chi connectivity index (χ0v) is 16.7. The summed E-state index contributed by atoms with van der Waals surface area (Å²) in [6.07, 6.45) is 0.796. The number of carbonyl (C=O) groups excluding carboxylic acids is 3. The maximum absolute atomic E-state index is 13.8. The van der Waals surface area contributed by atoms with Crippen molar-refractivity contribution in [2.75, 3.05) is 10.1 Å². The summed E-state index contributed by atoms with van der Waals surface area (Å²) in [5.41, 5.74) is 1.69. The Labute approximate surface area is 183 Å². The third-order valence-corrected chi connectivity index (χ3v) is 7.20. The van der Waals surface area contributed by atoms with E-state index in [1.165, 1.54) is 18.2 Å². The van der Waals surface area contributed by atoms with E-state index >= 15 is 0 Å². The number of nitrogens with zero attached hydrogens (tertiary/aromatic N) is 2. The molecule has 0 saturated carbocycles. The SMILES string of the molecule is O=CC12c3ccccc3C(c3ccccc31)C1C(=O)N(c3ccccc3N([O-])O)C(=O)C12. The number of para-hydroxylation sites is 2. The number of carbonyl (C=O) groups is 3. The summed E-state index contributed by atoms with van der Waals surface area (Å²) in [5, 5.41) is 20.9. The van der Waals surface area contributed by atoms with E-state index in [9.17, 15) is 24.8 Å². The van der Waals surface area contributed by atoms with Gasteiger partial charge >= 0.3 is 0 Å². The summed E-state index contributed by atoms with van der Waals surface area (Å²) in [4.78, 5) is 41.5. The van der Waals surface area contributed by atoms with Crippen molar-refractivity contribution in [3.05, 3.63) is 100 Å². The van der Waals surface area contributed by atoms with Gasteiger partial charge in [0.25, 0.3) is 0 Å². The number of benzene rings is 3. The highest BCUT2D eigenvalue weighted by Gasteiger charge is 2.68. The standard InChI is InChI=1S/C25H17N2O5/c28-13-25-16-9-3-1-7-14(16)20(15-8-2-4-10-17(15)25)21-22(25)24(30)26(23(21)29)18-11-5-6-12-19(18)27(31)32/h1-13,20-22,31H/q-1. The van der Waals surface area contributed by atoms with Crippen LogP contribution in [0.2, 0.25) is 0 Å². The van der Waals surface area contributed by atoms with Crippen LogP contribution in [-0.2, 0) is 19.8 Å². The van der Waals surface area contributed by atoms with Crippen LogP contribution in [-0.4, -0.2) is 23.3 Å². The summed E-state index contributed by atoms with van der Waals surface area (Å²) in [7, 11) is 0. The van der Waals surface area contributed by atoms with Crippen LogP contribution >= 0.6 is 0 Å². The smallest absolute Gasteiger partial charge is 0.239 e. The molecule has 0 radical (unpaired) electrons. The molecule has 2 unspecified atom stereocenters. The van der Waals surface area contributed by atoms with Gasteiger partial charge in [0.2, 0.25) is 11.8 Å². The van der Waals surface area contributed by atoms with Gasteiger partial charge in [0.05, 0.1) is 28.6 Å². The lowest BCUT2D eigenvalue weighted by Gasteiger charge is -2.51. The fourth-order valence-corrected chi connectivity index (χ4v) is 6.08. The van der Waals surface area contributed by atoms with Crippen LogP contribution in [0.5, 0.6) is 0 Å². The molecule has 7 nitrogen and oxygen atoms in total. The number of aldehydes is 1. The Morgan fingerprint density at radius 1 is 0.875 bits per heavy atom. The maximum atomic E-state index is 13.8. The lowest BCUT2D eigenvalue weighted by molar-refractivity contribution is -0.128. The highest BCUT2D eigenvalue weighted by molar-refractivity contribution is 6.26. The summed E-state index contributed by atoms with van der Waals surface area (Å²) in [5.74, 6) is -3.14. The summed E-state index contributed by atoms with van der Waals surface area (Å²) >= 11 is 0. The fraction of sp³-hybridized carbons (Fsp3) is 0.160. The Morgan fingerprint density at radius 2 is 1.44 bits per heavy atom. The molecular formula is C25H17N2O5-. The molecule has 7 heteroatoms. The molecule has 1 saturated heterocycles. The third-order valence-electron chi connectivity index (χ3n) is 7.20. The second kappa shape index (κ2) is 6.35. The van der Waals surface area contributed by atoms with Crippen molar-refractivity contribution in [1.82, 2.24) is 0 Å². The van der Waals surface area contributed by atoms with Crippen molar-refractivity contribution in [3.63, 3.8) is 0 Å². The number of imide groups is 1. The van der Waals surface area contributed by atoms with E-state index < -0.39 is 29.1 Å². The zero-order chi connectivity index (χ0) is 22.2.